The van der Waals surface area contributed by atoms with Crippen LogP contribution in [0.1, 0.15) is 26.2 Å². The third-order valence-electron chi connectivity index (χ3n) is 2.29. The van der Waals surface area contributed by atoms with E-state index in [1.807, 2.05) is 25.2 Å². The third kappa shape index (κ3) is 2.10. The van der Waals surface area contributed by atoms with Crippen molar-refractivity contribution in [1.29, 1.82) is 0 Å². The predicted octanol–water partition coefficient (Wildman–Crippen LogP) is 1.82. The molecule has 1 aliphatic carbocycles. The van der Waals surface area contributed by atoms with Crippen molar-refractivity contribution in [2.75, 3.05) is 14.1 Å². The maximum Gasteiger partial charge on any atom is 0.160 e. The van der Waals surface area contributed by atoms with Gasteiger partial charge in [0, 0.05) is 32.3 Å². The summed E-state index contributed by atoms with van der Waals surface area (Å²) in [5.41, 5.74) is 1.01. The van der Waals surface area contributed by atoms with E-state index in [1.165, 1.54) is 0 Å². The number of carbonyl (C=O) groups is 1. The van der Waals surface area contributed by atoms with Crippen molar-refractivity contribution in [3.8, 4) is 0 Å². The highest BCUT2D eigenvalue weighted by Gasteiger charge is 2.21. The molecule has 0 spiro atoms. The molecule has 1 saturated carbocycles. The first-order valence-electron chi connectivity index (χ1n) is 4.52. The van der Waals surface area contributed by atoms with E-state index in [0.29, 0.717) is 11.7 Å². The topological polar surface area (TPSA) is 20.3 Å². The number of Topliss-reactive ketones (excluding diaryl/α,β-unsaturated/α-hetero) is 1. The van der Waals surface area contributed by atoms with Gasteiger partial charge >= 0.3 is 0 Å². The summed E-state index contributed by atoms with van der Waals surface area (Å²) in [5.74, 6) is 0.788. The molecule has 12 heavy (non-hydrogen) atoms. The Morgan fingerprint density at radius 2 is 2.17 bits per heavy atom. The van der Waals surface area contributed by atoms with Crippen molar-refractivity contribution >= 4 is 5.78 Å². The zero-order valence-electron chi connectivity index (χ0n) is 8.13. The Kier molecular flexibility index (Phi) is 2.90. The molecule has 0 saturated heterocycles. The summed E-state index contributed by atoms with van der Waals surface area (Å²) in [6.45, 7) is 2.13. The molecule has 0 aromatic heterocycles. The molecular weight excluding hydrogens is 150 g/mol. The van der Waals surface area contributed by atoms with Gasteiger partial charge < -0.3 is 4.90 Å². The average Bonchev–Trinajstić information content (AvgIpc) is 1.97. The quantitative estimate of drug-likeness (QED) is 0.555. The molecule has 0 aliphatic heterocycles. The van der Waals surface area contributed by atoms with E-state index >= 15 is 0 Å². The van der Waals surface area contributed by atoms with Crippen LogP contribution in [0.15, 0.2) is 11.8 Å². The lowest BCUT2D eigenvalue weighted by Crippen LogP contribution is -2.19. The average molecular weight is 167 g/mol. The van der Waals surface area contributed by atoms with Gasteiger partial charge in [-0.1, -0.05) is 6.92 Å². The zero-order valence-corrected chi connectivity index (χ0v) is 8.13. The lowest BCUT2D eigenvalue weighted by atomic mass is 9.85. The minimum Gasteiger partial charge on any atom is -0.383 e. The first kappa shape index (κ1) is 9.30. The van der Waals surface area contributed by atoms with Gasteiger partial charge in [-0.05, 0) is 18.8 Å². The van der Waals surface area contributed by atoms with Crippen molar-refractivity contribution in [3.63, 3.8) is 0 Å². The number of ketones is 1. The van der Waals surface area contributed by atoms with Gasteiger partial charge in [-0.2, -0.15) is 0 Å². The Morgan fingerprint density at radius 1 is 1.50 bits per heavy atom. The highest BCUT2D eigenvalue weighted by molar-refractivity contribution is 5.96. The number of hydrogen-bond acceptors (Lipinski definition) is 2. The second kappa shape index (κ2) is 3.74. The van der Waals surface area contributed by atoms with Crippen LogP contribution < -0.4 is 0 Å². The predicted molar refractivity (Wildman–Crippen MR) is 49.8 cm³/mol. The van der Waals surface area contributed by atoms with E-state index in [9.17, 15) is 4.79 Å². The van der Waals surface area contributed by atoms with Gasteiger partial charge in [-0.15, -0.1) is 0 Å². The van der Waals surface area contributed by atoms with Crippen LogP contribution in [0.25, 0.3) is 0 Å². The summed E-state index contributed by atoms with van der Waals surface area (Å²) in [6, 6.07) is 0. The number of hydrogen-bond donors (Lipinski definition) is 0. The minimum absolute atomic E-state index is 0.336. The van der Waals surface area contributed by atoms with Gasteiger partial charge in [0.2, 0.25) is 0 Å². The maximum atomic E-state index is 11.4. The number of allylic oxidation sites excluding steroid dienone is 1. The molecule has 2 heteroatoms. The number of nitrogens with zero attached hydrogens (tertiary/aromatic N) is 1. The van der Waals surface area contributed by atoms with Crippen LogP contribution in [-0.4, -0.2) is 24.8 Å². The SMILES string of the molecule is CC1CCCC(=O)C1=CN(C)C. The molecule has 0 N–H and O–H groups in total. The van der Waals surface area contributed by atoms with E-state index in [2.05, 4.69) is 6.92 Å². The van der Waals surface area contributed by atoms with Crippen molar-refractivity contribution in [3.05, 3.63) is 11.8 Å². The molecule has 1 fully saturated rings. The van der Waals surface area contributed by atoms with Crippen LogP contribution in [0.3, 0.4) is 0 Å². The van der Waals surface area contributed by atoms with Gasteiger partial charge in [-0.25, -0.2) is 0 Å². The fourth-order valence-electron chi connectivity index (χ4n) is 1.62. The fourth-order valence-corrected chi connectivity index (χ4v) is 1.62. The van der Waals surface area contributed by atoms with E-state index in [0.717, 1.165) is 24.8 Å². The van der Waals surface area contributed by atoms with E-state index in [-0.39, 0.29) is 0 Å². The number of carbonyl (C=O) groups excluding carboxylic acids is 1. The Balaban J connectivity index is 2.76. The molecule has 0 amide bonds. The minimum atomic E-state index is 0.336. The standard InChI is InChI=1S/C10H17NO/c1-8-5-4-6-10(12)9(8)7-11(2)3/h7-8H,4-6H2,1-3H3. The van der Waals surface area contributed by atoms with Crippen LogP contribution in [0.4, 0.5) is 0 Å². The Bertz CT molecular complexity index is 206. The summed E-state index contributed by atoms with van der Waals surface area (Å²) in [7, 11) is 3.92. The fraction of sp³-hybridized carbons (Fsp3) is 0.700. The molecule has 1 rings (SSSR count). The van der Waals surface area contributed by atoms with Gasteiger partial charge in [-0.3, -0.25) is 4.79 Å². The van der Waals surface area contributed by atoms with Crippen LogP contribution in [0.2, 0.25) is 0 Å². The largest absolute Gasteiger partial charge is 0.383 e. The first-order valence-corrected chi connectivity index (χ1v) is 4.52. The second-order valence-corrected chi connectivity index (χ2v) is 3.76. The van der Waals surface area contributed by atoms with Crippen LogP contribution in [0.5, 0.6) is 0 Å². The van der Waals surface area contributed by atoms with Crippen molar-refractivity contribution in [2.45, 2.75) is 26.2 Å². The molecule has 0 aromatic carbocycles. The number of rotatable bonds is 1. The summed E-state index contributed by atoms with van der Waals surface area (Å²) >= 11 is 0. The monoisotopic (exact) mass is 167 g/mol. The first-order chi connectivity index (χ1) is 5.61. The summed E-state index contributed by atoms with van der Waals surface area (Å²) in [6.07, 6.45) is 4.92. The smallest absolute Gasteiger partial charge is 0.160 e. The molecule has 1 unspecified atom stereocenters. The van der Waals surface area contributed by atoms with Crippen molar-refractivity contribution < 1.29 is 4.79 Å². The molecule has 0 aromatic rings. The third-order valence-corrected chi connectivity index (χ3v) is 2.29. The summed E-state index contributed by atoms with van der Waals surface area (Å²) in [4.78, 5) is 13.4. The Labute approximate surface area is 74.2 Å². The van der Waals surface area contributed by atoms with Gasteiger partial charge in [0.15, 0.2) is 5.78 Å². The van der Waals surface area contributed by atoms with Gasteiger partial charge in [0.05, 0.1) is 0 Å². The second-order valence-electron chi connectivity index (χ2n) is 3.76. The lowest BCUT2D eigenvalue weighted by Gasteiger charge is -2.21. The zero-order chi connectivity index (χ0) is 9.14. The molecule has 68 valence electrons. The molecule has 1 aliphatic rings. The van der Waals surface area contributed by atoms with Crippen molar-refractivity contribution in [2.24, 2.45) is 5.92 Å². The Morgan fingerprint density at radius 3 is 2.67 bits per heavy atom. The normalized spacial score (nSPS) is 27.8. The highest BCUT2D eigenvalue weighted by Crippen LogP contribution is 2.25. The van der Waals surface area contributed by atoms with E-state index < -0.39 is 0 Å². The summed E-state index contributed by atoms with van der Waals surface area (Å²) in [5, 5.41) is 0. The molecule has 0 heterocycles. The van der Waals surface area contributed by atoms with Crippen LogP contribution in [0, 0.1) is 5.92 Å². The lowest BCUT2D eigenvalue weighted by molar-refractivity contribution is -0.117. The van der Waals surface area contributed by atoms with Crippen molar-refractivity contribution in [1.82, 2.24) is 4.90 Å². The summed E-state index contributed by atoms with van der Waals surface area (Å²) < 4.78 is 0. The molecular formula is C10H17NO. The Hall–Kier alpha value is -0.790. The highest BCUT2D eigenvalue weighted by atomic mass is 16.1. The molecule has 2 nitrogen and oxygen atoms in total. The van der Waals surface area contributed by atoms with Crippen LogP contribution >= 0.6 is 0 Å². The molecule has 1 atom stereocenters. The molecule has 0 bridgehead atoms. The van der Waals surface area contributed by atoms with E-state index in [4.69, 9.17) is 0 Å². The van der Waals surface area contributed by atoms with Gasteiger partial charge in [0.25, 0.3) is 0 Å². The maximum absolute atomic E-state index is 11.4. The van der Waals surface area contributed by atoms with Gasteiger partial charge in [0.1, 0.15) is 0 Å². The van der Waals surface area contributed by atoms with Crippen LogP contribution in [-0.2, 0) is 4.79 Å². The molecule has 0 radical (unpaired) electrons. The van der Waals surface area contributed by atoms with E-state index in [1.54, 1.807) is 0 Å².